The summed E-state index contributed by atoms with van der Waals surface area (Å²) in [5.41, 5.74) is 5.85. The Hall–Kier alpha value is -0.670. The summed E-state index contributed by atoms with van der Waals surface area (Å²) >= 11 is 0. The molecule has 1 aromatic carbocycles. The minimum atomic E-state index is -0.587. The highest BCUT2D eigenvalue weighted by Gasteiger charge is 2.19. The quantitative estimate of drug-likeness (QED) is 0.835. The number of rotatable bonds is 2. The van der Waals surface area contributed by atoms with Gasteiger partial charge < -0.3 is 0 Å². The molecule has 0 saturated carbocycles. The summed E-state index contributed by atoms with van der Waals surface area (Å²) in [6, 6.07) is 4.68. The summed E-state index contributed by atoms with van der Waals surface area (Å²) in [5.74, 6) is 1.66. The maximum atomic E-state index is 11.4. The molecule has 20 heavy (non-hydrogen) atoms. The Balaban J connectivity index is 2.18. The molecule has 1 saturated heterocycles. The topological polar surface area (TPSA) is 20.3 Å². The molecule has 112 valence electrons. The van der Waals surface area contributed by atoms with E-state index in [2.05, 4.69) is 51.7 Å². The lowest BCUT2D eigenvalue weighted by Crippen LogP contribution is -2.37. The van der Waals surface area contributed by atoms with E-state index in [1.54, 1.807) is 0 Å². The molecule has 0 aliphatic carbocycles. The first-order chi connectivity index (χ1) is 9.27. The molecule has 0 amide bonds. The van der Waals surface area contributed by atoms with Crippen molar-refractivity contribution >= 4 is 10.8 Å². The van der Waals surface area contributed by atoms with Crippen molar-refractivity contribution < 1.29 is 4.21 Å². The summed E-state index contributed by atoms with van der Waals surface area (Å²) in [7, 11) is -0.587. The lowest BCUT2D eigenvalue weighted by Gasteiger charge is -2.28. The summed E-state index contributed by atoms with van der Waals surface area (Å²) < 4.78 is 11.4. The molecule has 0 unspecified atom stereocenters. The smallest absolute Gasteiger partial charge is 0.0363 e. The Kier molecular flexibility index (Phi) is 4.70. The van der Waals surface area contributed by atoms with Crippen LogP contribution in [0.1, 0.15) is 43.0 Å². The van der Waals surface area contributed by atoms with Gasteiger partial charge in [-0.2, -0.15) is 0 Å². The van der Waals surface area contributed by atoms with Gasteiger partial charge in [-0.05, 0) is 41.5 Å². The normalized spacial score (nSPS) is 18.4. The van der Waals surface area contributed by atoms with Gasteiger partial charge in [0.1, 0.15) is 0 Å². The first-order valence-electron chi connectivity index (χ1n) is 7.45. The molecule has 1 aliphatic rings. The van der Waals surface area contributed by atoms with E-state index in [1.807, 2.05) is 0 Å². The van der Waals surface area contributed by atoms with Crippen LogP contribution < -0.4 is 0 Å². The van der Waals surface area contributed by atoms with Crippen LogP contribution in [-0.4, -0.2) is 33.7 Å². The first-order valence-corrected chi connectivity index (χ1v) is 8.94. The Morgan fingerprint density at radius 2 is 1.60 bits per heavy atom. The first kappa shape index (κ1) is 15.7. The second-order valence-electron chi connectivity index (χ2n) is 6.96. The van der Waals surface area contributed by atoms with E-state index >= 15 is 0 Å². The van der Waals surface area contributed by atoms with Crippen LogP contribution >= 0.6 is 0 Å². The molecule has 2 rings (SSSR count). The predicted octanol–water partition coefficient (Wildman–Crippen LogP) is 3.17. The zero-order valence-electron chi connectivity index (χ0n) is 13.5. The highest BCUT2D eigenvalue weighted by atomic mass is 32.2. The molecular formula is C17H27NOS. The summed E-state index contributed by atoms with van der Waals surface area (Å²) in [4.78, 5) is 2.44. The average Bonchev–Trinajstić information content (AvgIpc) is 2.34. The fourth-order valence-corrected chi connectivity index (χ4v) is 3.86. The van der Waals surface area contributed by atoms with Crippen molar-refractivity contribution in [2.75, 3.05) is 24.6 Å². The fraction of sp³-hybridized carbons (Fsp3) is 0.647. The third-order valence-corrected chi connectivity index (χ3v) is 5.49. The minimum Gasteiger partial charge on any atom is -0.297 e. The van der Waals surface area contributed by atoms with Crippen LogP contribution in [0.25, 0.3) is 0 Å². The number of benzene rings is 1. The lowest BCUT2D eigenvalue weighted by molar-refractivity contribution is 0.290. The van der Waals surface area contributed by atoms with Crippen LogP contribution in [0, 0.1) is 13.8 Å². The van der Waals surface area contributed by atoms with Crippen molar-refractivity contribution in [1.29, 1.82) is 0 Å². The van der Waals surface area contributed by atoms with Gasteiger partial charge in [-0.3, -0.25) is 9.11 Å². The molecule has 1 aromatic rings. The maximum absolute atomic E-state index is 11.4. The molecular weight excluding hydrogens is 266 g/mol. The van der Waals surface area contributed by atoms with Crippen molar-refractivity contribution in [3.05, 3.63) is 34.4 Å². The number of hydrogen-bond donors (Lipinski definition) is 0. The van der Waals surface area contributed by atoms with E-state index in [0.29, 0.717) is 0 Å². The van der Waals surface area contributed by atoms with Crippen LogP contribution in [0.2, 0.25) is 0 Å². The molecule has 3 heteroatoms. The van der Waals surface area contributed by atoms with Gasteiger partial charge in [-0.1, -0.05) is 32.9 Å². The van der Waals surface area contributed by atoms with Gasteiger partial charge in [0.05, 0.1) is 0 Å². The molecule has 0 spiro atoms. The van der Waals surface area contributed by atoms with E-state index in [4.69, 9.17) is 0 Å². The predicted molar refractivity (Wildman–Crippen MR) is 87.8 cm³/mol. The second-order valence-corrected chi connectivity index (χ2v) is 8.66. The van der Waals surface area contributed by atoms with E-state index in [-0.39, 0.29) is 5.41 Å². The lowest BCUT2D eigenvalue weighted by atomic mass is 9.84. The molecule has 0 bridgehead atoms. The molecule has 1 fully saturated rings. The number of aryl methyl sites for hydroxylation is 2. The minimum absolute atomic E-state index is 0.204. The van der Waals surface area contributed by atoms with E-state index < -0.39 is 10.8 Å². The van der Waals surface area contributed by atoms with Crippen molar-refractivity contribution in [2.24, 2.45) is 0 Å². The zero-order valence-corrected chi connectivity index (χ0v) is 14.3. The Morgan fingerprint density at radius 1 is 1.10 bits per heavy atom. The van der Waals surface area contributed by atoms with Gasteiger partial charge in [0.25, 0.3) is 0 Å². The average molecular weight is 293 g/mol. The molecule has 2 nitrogen and oxygen atoms in total. The van der Waals surface area contributed by atoms with Gasteiger partial charge in [0.2, 0.25) is 0 Å². The second kappa shape index (κ2) is 5.98. The highest BCUT2D eigenvalue weighted by molar-refractivity contribution is 7.85. The van der Waals surface area contributed by atoms with Gasteiger partial charge in [-0.15, -0.1) is 0 Å². The van der Waals surface area contributed by atoms with Crippen LogP contribution in [0.4, 0.5) is 0 Å². The van der Waals surface area contributed by atoms with Crippen molar-refractivity contribution in [2.45, 2.75) is 46.6 Å². The Morgan fingerprint density at radius 3 is 2.05 bits per heavy atom. The molecule has 1 aliphatic heterocycles. The molecule has 0 atom stereocenters. The highest BCUT2D eigenvalue weighted by Crippen LogP contribution is 2.27. The SMILES string of the molecule is Cc1cc(C(C)(C)C)cc(C)c1CN1CCS(=O)CC1. The fourth-order valence-electron chi connectivity index (χ4n) is 2.73. The van der Waals surface area contributed by atoms with E-state index in [9.17, 15) is 4.21 Å². The van der Waals surface area contributed by atoms with E-state index in [0.717, 1.165) is 31.1 Å². The largest absolute Gasteiger partial charge is 0.297 e. The van der Waals surface area contributed by atoms with Gasteiger partial charge in [-0.25, -0.2) is 0 Å². The molecule has 1 heterocycles. The third-order valence-electron chi connectivity index (χ3n) is 4.21. The molecule has 0 radical (unpaired) electrons. The van der Waals surface area contributed by atoms with Gasteiger partial charge in [0.15, 0.2) is 0 Å². The zero-order chi connectivity index (χ0) is 14.9. The Bertz CT molecular complexity index is 483. The van der Waals surface area contributed by atoms with Crippen molar-refractivity contribution in [3.63, 3.8) is 0 Å². The summed E-state index contributed by atoms with van der Waals surface area (Å²) in [5, 5.41) is 0. The molecule has 0 aromatic heterocycles. The Labute approximate surface area is 126 Å². The van der Waals surface area contributed by atoms with Crippen LogP contribution in [-0.2, 0) is 22.8 Å². The third kappa shape index (κ3) is 3.70. The maximum Gasteiger partial charge on any atom is 0.0363 e. The van der Waals surface area contributed by atoms with Crippen molar-refractivity contribution in [1.82, 2.24) is 4.90 Å². The standard InChI is InChI=1S/C17H27NOS/c1-13-10-15(17(3,4)5)11-14(2)16(13)12-18-6-8-20(19)9-7-18/h10-11H,6-9,12H2,1-5H3. The molecule has 0 N–H and O–H groups in total. The monoisotopic (exact) mass is 293 g/mol. The van der Waals surface area contributed by atoms with Gasteiger partial charge >= 0.3 is 0 Å². The van der Waals surface area contributed by atoms with Crippen LogP contribution in [0.3, 0.4) is 0 Å². The van der Waals surface area contributed by atoms with Crippen LogP contribution in [0.5, 0.6) is 0 Å². The van der Waals surface area contributed by atoms with Gasteiger partial charge in [0, 0.05) is 41.9 Å². The van der Waals surface area contributed by atoms with Crippen LogP contribution in [0.15, 0.2) is 12.1 Å². The van der Waals surface area contributed by atoms with E-state index in [1.165, 1.54) is 22.3 Å². The number of nitrogens with zero attached hydrogens (tertiary/aromatic N) is 1. The summed E-state index contributed by atoms with van der Waals surface area (Å²) in [6.07, 6.45) is 0. The van der Waals surface area contributed by atoms with Crippen molar-refractivity contribution in [3.8, 4) is 0 Å². The summed E-state index contributed by atoms with van der Waals surface area (Å²) in [6.45, 7) is 14.2. The number of hydrogen-bond acceptors (Lipinski definition) is 2.